The average molecular weight is 422 g/mol. The summed E-state index contributed by atoms with van der Waals surface area (Å²) in [5, 5.41) is 0.478. The van der Waals surface area contributed by atoms with Gasteiger partial charge in [-0.05, 0) is 50.5 Å². The molecule has 0 unspecified atom stereocenters. The predicted octanol–water partition coefficient (Wildman–Crippen LogP) is 4.06. The van der Waals surface area contributed by atoms with Gasteiger partial charge in [-0.2, -0.15) is 0 Å². The van der Waals surface area contributed by atoms with Gasteiger partial charge in [0.15, 0.2) is 0 Å². The van der Waals surface area contributed by atoms with Crippen LogP contribution in [0.3, 0.4) is 0 Å². The number of allylic oxidation sites excluding steroid dienone is 1. The Morgan fingerprint density at radius 3 is 2.73 bits per heavy atom. The Morgan fingerprint density at radius 1 is 1.10 bits per heavy atom. The topological polar surface area (TPSA) is 44.6 Å². The summed E-state index contributed by atoms with van der Waals surface area (Å²) in [6.07, 6.45) is 3.87. The molecule has 0 N–H and O–H groups in total. The third-order valence-electron chi connectivity index (χ3n) is 5.74. The Morgan fingerprint density at radius 2 is 1.93 bits per heavy atom. The van der Waals surface area contributed by atoms with E-state index in [1.54, 1.807) is 6.07 Å². The molecule has 2 aliphatic rings. The van der Waals surface area contributed by atoms with Gasteiger partial charge in [0.2, 0.25) is 0 Å². The highest BCUT2D eigenvalue weighted by Crippen LogP contribution is 2.29. The molecule has 1 aromatic carbocycles. The zero-order valence-electron chi connectivity index (χ0n) is 16.8. The van der Waals surface area contributed by atoms with Crippen molar-refractivity contribution in [2.75, 3.05) is 38.6 Å². The number of nitrogens with zero attached hydrogens (tertiary/aromatic N) is 5. The van der Waals surface area contributed by atoms with Crippen LogP contribution in [0.1, 0.15) is 11.3 Å². The van der Waals surface area contributed by atoms with E-state index in [-0.39, 0.29) is 5.82 Å². The molecule has 0 atom stereocenters. The van der Waals surface area contributed by atoms with Gasteiger partial charge in [-0.15, -0.1) is 0 Å². The van der Waals surface area contributed by atoms with E-state index in [1.165, 1.54) is 12.1 Å². The van der Waals surface area contributed by atoms with Crippen LogP contribution in [-0.2, 0) is 0 Å². The summed E-state index contributed by atoms with van der Waals surface area (Å²) in [5.74, 6) is -0.344. The van der Waals surface area contributed by atoms with Crippen LogP contribution in [0.4, 0.5) is 10.1 Å². The first kappa shape index (κ1) is 19.2. The second kappa shape index (κ2) is 7.45. The number of anilines is 1. The summed E-state index contributed by atoms with van der Waals surface area (Å²) in [6, 6.07) is 11.0. The number of aliphatic imine (C=N–C) groups is 1. The lowest BCUT2D eigenvalue weighted by Gasteiger charge is -2.44. The second-order valence-corrected chi connectivity index (χ2v) is 8.32. The molecule has 1 fully saturated rings. The van der Waals surface area contributed by atoms with Crippen molar-refractivity contribution in [1.29, 1.82) is 0 Å². The van der Waals surface area contributed by atoms with Crippen LogP contribution in [0.25, 0.3) is 16.6 Å². The Labute approximate surface area is 179 Å². The number of likely N-dealkylation sites (N-methyl/N-ethyl adjacent to an activating group) is 1. The van der Waals surface area contributed by atoms with E-state index < -0.39 is 0 Å². The van der Waals surface area contributed by atoms with Crippen LogP contribution in [0.15, 0.2) is 53.7 Å². The zero-order chi connectivity index (χ0) is 20.8. The predicted molar refractivity (Wildman–Crippen MR) is 120 cm³/mol. The summed E-state index contributed by atoms with van der Waals surface area (Å²) in [6.45, 7) is 2.46. The van der Waals surface area contributed by atoms with Gasteiger partial charge in [0.1, 0.15) is 5.82 Å². The number of rotatable bonds is 4. The largest absolute Gasteiger partial charge is 0.367 e. The van der Waals surface area contributed by atoms with Gasteiger partial charge in [0, 0.05) is 35.3 Å². The van der Waals surface area contributed by atoms with Crippen molar-refractivity contribution in [2.45, 2.75) is 6.04 Å². The lowest BCUT2D eigenvalue weighted by molar-refractivity contribution is 0.247. The quantitative estimate of drug-likeness (QED) is 0.637. The summed E-state index contributed by atoms with van der Waals surface area (Å²) in [4.78, 5) is 18.5. The van der Waals surface area contributed by atoms with E-state index in [2.05, 4.69) is 39.9 Å². The fraction of sp³-hybridized carbons (Fsp3) is 0.261. The minimum absolute atomic E-state index is 0.344. The molecule has 4 heterocycles. The monoisotopic (exact) mass is 421 g/mol. The number of halogens is 2. The van der Waals surface area contributed by atoms with Crippen molar-refractivity contribution in [1.82, 2.24) is 14.9 Å². The first-order valence-electron chi connectivity index (χ1n) is 9.88. The van der Waals surface area contributed by atoms with Gasteiger partial charge in [0.25, 0.3) is 0 Å². The number of aromatic nitrogens is 2. The average Bonchev–Trinajstić information content (AvgIpc) is 3.17. The molecule has 0 spiro atoms. The molecule has 0 amide bonds. The third-order valence-corrected chi connectivity index (χ3v) is 5.98. The minimum Gasteiger partial charge on any atom is -0.367 e. The molecule has 152 valence electrons. The smallest absolute Gasteiger partial charge is 0.132 e. The fourth-order valence-electron chi connectivity index (χ4n) is 3.86. The van der Waals surface area contributed by atoms with Crippen LogP contribution in [0, 0.1) is 5.82 Å². The third kappa shape index (κ3) is 3.36. The number of hydrogen-bond donors (Lipinski definition) is 0. The maximum absolute atomic E-state index is 14.4. The molecule has 0 aliphatic carbocycles. The Kier molecular flexibility index (Phi) is 4.76. The van der Waals surface area contributed by atoms with Crippen LogP contribution >= 0.6 is 11.6 Å². The molecule has 30 heavy (non-hydrogen) atoms. The van der Waals surface area contributed by atoms with Crippen LogP contribution in [0.5, 0.6) is 0 Å². The summed E-state index contributed by atoms with van der Waals surface area (Å²) >= 11 is 6.09. The van der Waals surface area contributed by atoms with E-state index in [0.29, 0.717) is 28.9 Å². The van der Waals surface area contributed by atoms with Gasteiger partial charge < -0.3 is 9.80 Å². The van der Waals surface area contributed by atoms with Gasteiger partial charge >= 0.3 is 0 Å². The molecule has 0 saturated carbocycles. The molecule has 5 nitrogen and oxygen atoms in total. The molecular weight excluding hydrogens is 401 g/mol. The molecule has 3 aromatic rings. The molecule has 7 heteroatoms. The van der Waals surface area contributed by atoms with Crippen molar-refractivity contribution in [3.63, 3.8) is 0 Å². The molecule has 0 bridgehead atoms. The Balaban J connectivity index is 1.47. The summed E-state index contributed by atoms with van der Waals surface area (Å²) in [5.41, 5.74) is 5.28. The highest BCUT2D eigenvalue weighted by atomic mass is 35.5. The Bertz CT molecular complexity index is 1200. The van der Waals surface area contributed by atoms with Crippen molar-refractivity contribution in [2.24, 2.45) is 4.99 Å². The Hall–Kier alpha value is -2.83. The number of pyridine rings is 2. The molecule has 5 rings (SSSR count). The molecule has 2 aliphatic heterocycles. The molecule has 1 saturated heterocycles. The zero-order valence-corrected chi connectivity index (χ0v) is 17.6. The normalized spacial score (nSPS) is 16.8. The number of hydrogen-bond acceptors (Lipinski definition) is 5. The minimum atomic E-state index is -0.344. The SMILES string of the molecule is CN(C)C1CN(c2cnc3ccc(C4=CCN=C4c4cc(Cl)ccc4F)nc3c2)C1. The first-order chi connectivity index (χ1) is 14.5. The van der Waals surface area contributed by atoms with Crippen molar-refractivity contribution >= 4 is 39.6 Å². The second-order valence-electron chi connectivity index (χ2n) is 7.88. The van der Waals surface area contributed by atoms with Crippen molar-refractivity contribution in [3.8, 4) is 0 Å². The summed E-state index contributed by atoms with van der Waals surface area (Å²) < 4.78 is 14.4. The van der Waals surface area contributed by atoms with Gasteiger partial charge in [-0.1, -0.05) is 17.7 Å². The number of benzene rings is 1. The fourth-order valence-corrected chi connectivity index (χ4v) is 4.03. The highest BCUT2D eigenvalue weighted by Gasteiger charge is 2.29. The van der Waals surface area contributed by atoms with Gasteiger partial charge in [0.05, 0.1) is 40.9 Å². The highest BCUT2D eigenvalue weighted by molar-refractivity contribution is 6.35. The van der Waals surface area contributed by atoms with E-state index in [9.17, 15) is 4.39 Å². The van der Waals surface area contributed by atoms with E-state index in [1.807, 2.05) is 24.4 Å². The van der Waals surface area contributed by atoms with Gasteiger partial charge in [-0.3, -0.25) is 9.98 Å². The van der Waals surface area contributed by atoms with E-state index >= 15 is 0 Å². The van der Waals surface area contributed by atoms with Crippen LogP contribution in [-0.4, -0.2) is 60.4 Å². The molecular formula is C23H21ClFN5. The van der Waals surface area contributed by atoms with Crippen LogP contribution in [0.2, 0.25) is 5.02 Å². The maximum Gasteiger partial charge on any atom is 0.132 e. The van der Waals surface area contributed by atoms with E-state index in [4.69, 9.17) is 16.6 Å². The van der Waals surface area contributed by atoms with Gasteiger partial charge in [-0.25, -0.2) is 9.37 Å². The first-order valence-corrected chi connectivity index (χ1v) is 10.3. The van der Waals surface area contributed by atoms with Crippen molar-refractivity contribution in [3.05, 3.63) is 70.8 Å². The molecule has 2 aromatic heterocycles. The van der Waals surface area contributed by atoms with E-state index in [0.717, 1.165) is 41.1 Å². The standard InChI is InChI=1S/C23H21ClFN5/c1-29(2)16-12-30(13-16)15-10-22-21(27-11-15)6-5-20(28-22)17-7-8-26-23(17)18-9-14(24)3-4-19(18)25/h3-7,9-11,16H,8,12-13H2,1-2H3. The lowest BCUT2D eigenvalue weighted by Crippen LogP contribution is -2.57. The lowest BCUT2D eigenvalue weighted by atomic mass is 9.99. The van der Waals surface area contributed by atoms with Crippen LogP contribution < -0.4 is 4.90 Å². The molecule has 0 radical (unpaired) electrons. The maximum atomic E-state index is 14.4. The number of fused-ring (bicyclic) bond motifs is 1. The van der Waals surface area contributed by atoms with Crippen molar-refractivity contribution < 1.29 is 4.39 Å². The summed E-state index contributed by atoms with van der Waals surface area (Å²) in [7, 11) is 4.21.